The quantitative estimate of drug-likeness (QED) is 0.786. The van der Waals surface area contributed by atoms with Gasteiger partial charge in [-0.25, -0.2) is 9.50 Å². The van der Waals surface area contributed by atoms with Gasteiger partial charge in [0.2, 0.25) is 0 Å². The summed E-state index contributed by atoms with van der Waals surface area (Å²) in [7, 11) is 0. The highest BCUT2D eigenvalue weighted by atomic mass is 35.5. The van der Waals surface area contributed by atoms with Crippen molar-refractivity contribution < 1.29 is 4.79 Å². The zero-order chi connectivity index (χ0) is 16.4. The molecular formula is C16H14Cl2N4O. The number of nitrogens with one attached hydrogen (secondary N) is 1. The minimum absolute atomic E-state index is 0.220. The van der Waals surface area contributed by atoms with E-state index in [1.807, 2.05) is 13.0 Å². The molecule has 5 nitrogen and oxygen atoms in total. The van der Waals surface area contributed by atoms with Crippen LogP contribution >= 0.6 is 23.2 Å². The van der Waals surface area contributed by atoms with Crippen LogP contribution in [0, 0.1) is 6.92 Å². The number of rotatable bonds is 4. The molecule has 0 spiro atoms. The molecule has 3 aromatic rings. The Balaban J connectivity index is 1.66. The maximum atomic E-state index is 12.2. The lowest BCUT2D eigenvalue weighted by Gasteiger charge is -2.08. The highest BCUT2D eigenvalue weighted by Crippen LogP contribution is 2.21. The van der Waals surface area contributed by atoms with Gasteiger partial charge in [-0.05, 0) is 37.1 Å². The molecule has 1 N–H and O–H groups in total. The average Bonchev–Trinajstić information content (AvgIpc) is 2.98. The van der Waals surface area contributed by atoms with Crippen LogP contribution in [0.1, 0.15) is 21.7 Å². The zero-order valence-electron chi connectivity index (χ0n) is 12.4. The number of benzene rings is 1. The Labute approximate surface area is 143 Å². The first-order chi connectivity index (χ1) is 11.0. The molecule has 0 saturated carbocycles. The predicted octanol–water partition coefficient (Wildman–Crippen LogP) is 3.32. The van der Waals surface area contributed by atoms with Crippen LogP contribution in [0.25, 0.3) is 5.65 Å². The summed E-state index contributed by atoms with van der Waals surface area (Å²) >= 11 is 12.0. The van der Waals surface area contributed by atoms with Crippen LogP contribution in [-0.2, 0) is 6.42 Å². The van der Waals surface area contributed by atoms with Crippen molar-refractivity contribution in [2.24, 2.45) is 0 Å². The Bertz CT molecular complexity index is 876. The van der Waals surface area contributed by atoms with E-state index >= 15 is 0 Å². The van der Waals surface area contributed by atoms with Crippen LogP contribution in [0.15, 0.2) is 36.5 Å². The van der Waals surface area contributed by atoms with Crippen LogP contribution < -0.4 is 5.32 Å². The lowest BCUT2D eigenvalue weighted by atomic mass is 10.1. The Kier molecular flexibility index (Phi) is 4.50. The number of carbonyl (C=O) groups excluding carboxylic acids is 1. The van der Waals surface area contributed by atoms with E-state index in [1.165, 1.54) is 0 Å². The van der Waals surface area contributed by atoms with E-state index in [2.05, 4.69) is 15.4 Å². The summed E-state index contributed by atoms with van der Waals surface area (Å²) in [5, 5.41) is 8.18. The molecule has 7 heteroatoms. The Morgan fingerprint density at radius 3 is 2.87 bits per heavy atom. The minimum atomic E-state index is -0.220. The zero-order valence-corrected chi connectivity index (χ0v) is 13.9. The summed E-state index contributed by atoms with van der Waals surface area (Å²) in [5.74, 6) is -0.220. The van der Waals surface area contributed by atoms with Crippen molar-refractivity contribution in [3.8, 4) is 0 Å². The van der Waals surface area contributed by atoms with Gasteiger partial charge in [0, 0.05) is 28.4 Å². The molecule has 0 saturated heterocycles. The van der Waals surface area contributed by atoms with Crippen LogP contribution in [0.4, 0.5) is 0 Å². The van der Waals surface area contributed by atoms with Gasteiger partial charge in [0.25, 0.3) is 5.91 Å². The second-order valence-electron chi connectivity index (χ2n) is 5.13. The predicted molar refractivity (Wildman–Crippen MR) is 90.2 cm³/mol. The molecule has 23 heavy (non-hydrogen) atoms. The number of nitrogens with zero attached hydrogens (tertiary/aromatic N) is 3. The van der Waals surface area contributed by atoms with E-state index in [0.29, 0.717) is 34.4 Å². The maximum absolute atomic E-state index is 12.2. The molecule has 0 radical (unpaired) electrons. The number of hydrogen-bond acceptors (Lipinski definition) is 3. The van der Waals surface area contributed by atoms with Gasteiger partial charge in [0.1, 0.15) is 5.69 Å². The SMILES string of the molecule is Cc1cc(C(=O)NCCc2ccc(Cl)cc2Cl)nc2ccnn12. The molecule has 2 heterocycles. The largest absolute Gasteiger partial charge is 0.350 e. The van der Waals surface area contributed by atoms with E-state index < -0.39 is 0 Å². The first-order valence-corrected chi connectivity index (χ1v) is 7.84. The first-order valence-electron chi connectivity index (χ1n) is 7.08. The molecule has 2 aromatic heterocycles. The summed E-state index contributed by atoms with van der Waals surface area (Å²) in [6, 6.07) is 8.81. The monoisotopic (exact) mass is 348 g/mol. The molecule has 0 aliphatic carbocycles. The summed E-state index contributed by atoms with van der Waals surface area (Å²) < 4.78 is 1.68. The third kappa shape index (κ3) is 3.46. The highest BCUT2D eigenvalue weighted by molar-refractivity contribution is 6.35. The first kappa shape index (κ1) is 15.8. The van der Waals surface area contributed by atoms with E-state index in [-0.39, 0.29) is 5.91 Å². The lowest BCUT2D eigenvalue weighted by Crippen LogP contribution is -2.27. The molecule has 0 aliphatic rings. The second kappa shape index (κ2) is 6.56. The number of halogens is 2. The summed E-state index contributed by atoms with van der Waals surface area (Å²) in [6.45, 7) is 2.34. The molecule has 1 aromatic carbocycles. The molecule has 0 unspecified atom stereocenters. The number of aryl methyl sites for hydroxylation is 1. The number of fused-ring (bicyclic) bond motifs is 1. The second-order valence-corrected chi connectivity index (χ2v) is 5.97. The fourth-order valence-corrected chi connectivity index (χ4v) is 2.81. The van der Waals surface area contributed by atoms with E-state index in [4.69, 9.17) is 23.2 Å². The summed E-state index contributed by atoms with van der Waals surface area (Å²) in [4.78, 5) is 16.5. The van der Waals surface area contributed by atoms with Crippen molar-refractivity contribution in [2.75, 3.05) is 6.54 Å². The van der Waals surface area contributed by atoms with Crippen molar-refractivity contribution >= 4 is 34.8 Å². The minimum Gasteiger partial charge on any atom is -0.350 e. The summed E-state index contributed by atoms with van der Waals surface area (Å²) in [5.41, 5.74) is 2.81. The van der Waals surface area contributed by atoms with Crippen molar-refractivity contribution in [3.05, 3.63) is 63.5 Å². The standard InChI is InChI=1S/C16H14Cl2N4O/c1-10-8-14(21-15-5-7-20-22(10)15)16(23)19-6-4-11-2-3-12(17)9-13(11)18/h2-3,5,7-9H,4,6H2,1H3,(H,19,23). The van der Waals surface area contributed by atoms with E-state index in [9.17, 15) is 4.79 Å². The Morgan fingerprint density at radius 1 is 1.26 bits per heavy atom. The fourth-order valence-electron chi connectivity index (χ4n) is 2.31. The molecule has 1 amide bonds. The van der Waals surface area contributed by atoms with E-state index in [1.54, 1.807) is 35.0 Å². The Hall–Kier alpha value is -2.11. The van der Waals surface area contributed by atoms with Gasteiger partial charge < -0.3 is 5.32 Å². The smallest absolute Gasteiger partial charge is 0.270 e. The van der Waals surface area contributed by atoms with Crippen molar-refractivity contribution in [1.82, 2.24) is 19.9 Å². The van der Waals surface area contributed by atoms with Crippen LogP contribution in [-0.4, -0.2) is 27.0 Å². The van der Waals surface area contributed by atoms with Crippen molar-refractivity contribution in [1.29, 1.82) is 0 Å². The third-order valence-electron chi connectivity index (χ3n) is 3.47. The molecule has 0 bridgehead atoms. The topological polar surface area (TPSA) is 59.3 Å². The highest BCUT2D eigenvalue weighted by Gasteiger charge is 2.11. The normalized spacial score (nSPS) is 10.9. The maximum Gasteiger partial charge on any atom is 0.270 e. The molecule has 0 fully saturated rings. The number of hydrogen-bond donors (Lipinski definition) is 1. The van der Waals surface area contributed by atoms with Gasteiger partial charge in [-0.3, -0.25) is 4.79 Å². The number of amides is 1. The van der Waals surface area contributed by atoms with Gasteiger partial charge in [-0.2, -0.15) is 5.10 Å². The number of carbonyl (C=O) groups is 1. The molecule has 3 rings (SSSR count). The van der Waals surface area contributed by atoms with E-state index in [0.717, 1.165) is 11.3 Å². The third-order valence-corrected chi connectivity index (χ3v) is 4.05. The number of aromatic nitrogens is 3. The van der Waals surface area contributed by atoms with Crippen LogP contribution in [0.3, 0.4) is 0 Å². The fraction of sp³-hybridized carbons (Fsp3) is 0.188. The van der Waals surface area contributed by atoms with Gasteiger partial charge >= 0.3 is 0 Å². The Morgan fingerprint density at radius 2 is 2.09 bits per heavy atom. The van der Waals surface area contributed by atoms with Crippen molar-refractivity contribution in [2.45, 2.75) is 13.3 Å². The van der Waals surface area contributed by atoms with Gasteiger partial charge in [0.15, 0.2) is 5.65 Å². The van der Waals surface area contributed by atoms with Gasteiger partial charge in [-0.1, -0.05) is 29.3 Å². The van der Waals surface area contributed by atoms with Gasteiger partial charge in [-0.15, -0.1) is 0 Å². The van der Waals surface area contributed by atoms with Crippen LogP contribution in [0.2, 0.25) is 10.0 Å². The lowest BCUT2D eigenvalue weighted by molar-refractivity contribution is 0.0949. The average molecular weight is 349 g/mol. The molecule has 118 valence electrons. The molecule has 0 aliphatic heterocycles. The van der Waals surface area contributed by atoms with Gasteiger partial charge in [0.05, 0.1) is 6.20 Å². The molecular weight excluding hydrogens is 335 g/mol. The molecule has 0 atom stereocenters. The van der Waals surface area contributed by atoms with Crippen LogP contribution in [0.5, 0.6) is 0 Å². The van der Waals surface area contributed by atoms with Crippen molar-refractivity contribution in [3.63, 3.8) is 0 Å². The summed E-state index contributed by atoms with van der Waals surface area (Å²) in [6.07, 6.45) is 2.27.